The molecule has 0 saturated carbocycles. The average molecular weight is 260 g/mol. The van der Waals surface area contributed by atoms with Crippen molar-refractivity contribution in [1.82, 2.24) is 0 Å². The number of carbonyl (C=O) groups excluding carboxylic acids is 1. The Morgan fingerprint density at radius 1 is 1.05 bits per heavy atom. The first-order valence-electron chi connectivity index (χ1n) is 6.89. The zero-order valence-corrected chi connectivity index (χ0v) is 10.6. The molecule has 0 N–H and O–H groups in total. The molecular weight excluding hydrogens is 244 g/mol. The van der Waals surface area contributed by atoms with Gasteiger partial charge >= 0.3 is 0 Å². The van der Waals surface area contributed by atoms with Gasteiger partial charge in [0.25, 0.3) is 0 Å². The molecule has 2 saturated heterocycles. The summed E-state index contributed by atoms with van der Waals surface area (Å²) < 4.78 is 16.4. The van der Waals surface area contributed by atoms with E-state index in [2.05, 4.69) is 0 Å². The molecule has 2 fully saturated rings. The van der Waals surface area contributed by atoms with E-state index >= 15 is 0 Å². The largest absolute Gasteiger partial charge is 0.454 e. The van der Waals surface area contributed by atoms with Crippen molar-refractivity contribution < 1.29 is 19.0 Å². The zero-order chi connectivity index (χ0) is 12.8. The Balaban J connectivity index is 1.57. The van der Waals surface area contributed by atoms with Gasteiger partial charge in [-0.1, -0.05) is 0 Å². The number of Topliss-reactive ketones (excluding diaryl/α,β-unsaturated/α-hetero) is 1. The quantitative estimate of drug-likeness (QED) is 0.767. The van der Waals surface area contributed by atoms with Gasteiger partial charge in [0.05, 0.1) is 12.2 Å². The van der Waals surface area contributed by atoms with E-state index in [1.54, 1.807) is 0 Å². The molecule has 0 aliphatic carbocycles. The molecule has 4 nitrogen and oxygen atoms in total. The van der Waals surface area contributed by atoms with Crippen molar-refractivity contribution in [1.29, 1.82) is 0 Å². The molecule has 1 aromatic carbocycles. The molecule has 2 bridgehead atoms. The highest BCUT2D eigenvalue weighted by Gasteiger charge is 2.38. The maximum atomic E-state index is 12.6. The molecule has 2 unspecified atom stereocenters. The summed E-state index contributed by atoms with van der Waals surface area (Å²) in [4.78, 5) is 12.6. The van der Waals surface area contributed by atoms with Crippen LogP contribution >= 0.6 is 0 Å². The number of benzene rings is 1. The number of hydrogen-bond acceptors (Lipinski definition) is 4. The fourth-order valence-corrected chi connectivity index (χ4v) is 3.36. The van der Waals surface area contributed by atoms with Gasteiger partial charge in [-0.25, -0.2) is 0 Å². The molecule has 0 spiro atoms. The van der Waals surface area contributed by atoms with E-state index in [0.29, 0.717) is 18.0 Å². The van der Waals surface area contributed by atoms with Gasteiger partial charge in [0, 0.05) is 11.5 Å². The summed E-state index contributed by atoms with van der Waals surface area (Å²) in [6.07, 6.45) is 4.53. The molecule has 3 aliphatic rings. The summed E-state index contributed by atoms with van der Waals surface area (Å²) in [5.41, 5.74) is 0.732. The smallest absolute Gasteiger partial charge is 0.231 e. The predicted octanol–water partition coefficient (Wildman–Crippen LogP) is 2.56. The summed E-state index contributed by atoms with van der Waals surface area (Å²) in [5.74, 6) is 1.73. The van der Waals surface area contributed by atoms with Crippen LogP contribution in [0.15, 0.2) is 18.2 Å². The van der Waals surface area contributed by atoms with Crippen LogP contribution in [0.4, 0.5) is 0 Å². The monoisotopic (exact) mass is 260 g/mol. The van der Waals surface area contributed by atoms with E-state index in [1.165, 1.54) is 0 Å². The van der Waals surface area contributed by atoms with Crippen LogP contribution in [-0.4, -0.2) is 24.8 Å². The maximum Gasteiger partial charge on any atom is 0.231 e. The van der Waals surface area contributed by atoms with Crippen LogP contribution in [0.5, 0.6) is 11.5 Å². The van der Waals surface area contributed by atoms with Crippen LogP contribution in [-0.2, 0) is 4.74 Å². The average Bonchev–Trinajstić information content (AvgIpc) is 3.03. The Morgan fingerprint density at radius 3 is 2.58 bits per heavy atom. The molecule has 4 heteroatoms. The number of fused-ring (bicyclic) bond motifs is 3. The normalized spacial score (nSPS) is 31.5. The number of carbonyl (C=O) groups is 1. The van der Waals surface area contributed by atoms with E-state index in [9.17, 15) is 4.79 Å². The van der Waals surface area contributed by atoms with Gasteiger partial charge in [0.1, 0.15) is 0 Å². The molecular formula is C15H16O4. The molecule has 100 valence electrons. The molecule has 1 aromatic rings. The van der Waals surface area contributed by atoms with E-state index < -0.39 is 0 Å². The third-order valence-electron chi connectivity index (χ3n) is 4.32. The standard InChI is InChI=1S/C15H16O4/c16-15(10-5-11-2-3-12(6-10)19-11)9-1-4-13-14(7-9)18-8-17-13/h1,4,7,10-12H,2-3,5-6,8H2. The SMILES string of the molecule is O=C(c1ccc2c(c1)OCO2)C1CC2CCC(C1)O2. The highest BCUT2D eigenvalue weighted by Crippen LogP contribution is 2.39. The second-order valence-electron chi connectivity index (χ2n) is 5.56. The van der Waals surface area contributed by atoms with Gasteiger partial charge in [0.15, 0.2) is 17.3 Å². The second kappa shape index (κ2) is 4.23. The molecule has 4 rings (SSSR count). The first-order chi connectivity index (χ1) is 9.29. The molecule has 0 aromatic heterocycles. The van der Waals surface area contributed by atoms with E-state index in [1.807, 2.05) is 18.2 Å². The van der Waals surface area contributed by atoms with E-state index in [0.717, 1.165) is 37.0 Å². The first-order valence-corrected chi connectivity index (χ1v) is 6.89. The summed E-state index contributed by atoms with van der Waals surface area (Å²) in [6.45, 7) is 0.244. The predicted molar refractivity (Wildman–Crippen MR) is 67.5 cm³/mol. The van der Waals surface area contributed by atoms with Gasteiger partial charge in [-0.3, -0.25) is 4.79 Å². The van der Waals surface area contributed by atoms with Gasteiger partial charge in [-0.2, -0.15) is 0 Å². The summed E-state index contributed by atoms with van der Waals surface area (Å²) in [5, 5.41) is 0. The van der Waals surface area contributed by atoms with E-state index in [-0.39, 0.29) is 18.5 Å². The minimum absolute atomic E-state index is 0.103. The van der Waals surface area contributed by atoms with Crippen molar-refractivity contribution in [2.75, 3.05) is 6.79 Å². The topological polar surface area (TPSA) is 44.8 Å². The Kier molecular flexibility index (Phi) is 2.52. The lowest BCUT2D eigenvalue weighted by molar-refractivity contribution is -0.0149. The first kappa shape index (κ1) is 11.3. The zero-order valence-electron chi connectivity index (χ0n) is 10.6. The van der Waals surface area contributed by atoms with Crippen molar-refractivity contribution in [3.8, 4) is 11.5 Å². The fraction of sp³-hybridized carbons (Fsp3) is 0.533. The van der Waals surface area contributed by atoms with Crippen LogP contribution in [0.2, 0.25) is 0 Å². The van der Waals surface area contributed by atoms with Crippen molar-refractivity contribution >= 4 is 5.78 Å². The lowest BCUT2D eigenvalue weighted by Gasteiger charge is -2.27. The summed E-state index contributed by atoms with van der Waals surface area (Å²) >= 11 is 0. The summed E-state index contributed by atoms with van der Waals surface area (Å²) in [7, 11) is 0. The van der Waals surface area contributed by atoms with Gasteiger partial charge < -0.3 is 14.2 Å². The molecule has 3 aliphatic heterocycles. The van der Waals surface area contributed by atoms with Crippen molar-refractivity contribution in [3.05, 3.63) is 23.8 Å². The van der Waals surface area contributed by atoms with Crippen LogP contribution in [0.3, 0.4) is 0 Å². The van der Waals surface area contributed by atoms with Gasteiger partial charge in [0.2, 0.25) is 6.79 Å². The fourth-order valence-electron chi connectivity index (χ4n) is 3.36. The van der Waals surface area contributed by atoms with Crippen LogP contribution in [0.1, 0.15) is 36.0 Å². The van der Waals surface area contributed by atoms with Crippen molar-refractivity contribution in [2.24, 2.45) is 5.92 Å². The Hall–Kier alpha value is -1.55. The number of hydrogen-bond donors (Lipinski definition) is 0. The van der Waals surface area contributed by atoms with Crippen molar-refractivity contribution in [3.63, 3.8) is 0 Å². The highest BCUT2D eigenvalue weighted by atomic mass is 16.7. The molecule has 0 radical (unpaired) electrons. The van der Waals surface area contributed by atoms with E-state index in [4.69, 9.17) is 14.2 Å². The van der Waals surface area contributed by atoms with Gasteiger partial charge in [-0.05, 0) is 43.9 Å². The molecule has 0 amide bonds. The minimum Gasteiger partial charge on any atom is -0.454 e. The third kappa shape index (κ3) is 1.91. The highest BCUT2D eigenvalue weighted by molar-refractivity contribution is 5.98. The van der Waals surface area contributed by atoms with Crippen LogP contribution in [0.25, 0.3) is 0 Å². The van der Waals surface area contributed by atoms with Crippen molar-refractivity contribution in [2.45, 2.75) is 37.9 Å². The molecule has 3 heterocycles. The lowest BCUT2D eigenvalue weighted by Crippen LogP contribution is -2.30. The number of ketones is 1. The van der Waals surface area contributed by atoms with Crippen LogP contribution < -0.4 is 9.47 Å². The lowest BCUT2D eigenvalue weighted by atomic mass is 9.88. The van der Waals surface area contributed by atoms with Gasteiger partial charge in [-0.15, -0.1) is 0 Å². The molecule has 19 heavy (non-hydrogen) atoms. The minimum atomic E-state index is 0.103. The van der Waals surface area contributed by atoms with Crippen LogP contribution in [0, 0.1) is 5.92 Å². The number of ether oxygens (including phenoxy) is 3. The Bertz CT molecular complexity index is 513. The number of rotatable bonds is 2. The Labute approximate surface area is 111 Å². The molecule has 2 atom stereocenters. The second-order valence-corrected chi connectivity index (χ2v) is 5.56. The summed E-state index contributed by atoms with van der Waals surface area (Å²) in [6, 6.07) is 5.47. The third-order valence-corrected chi connectivity index (χ3v) is 4.32. The Morgan fingerprint density at radius 2 is 1.79 bits per heavy atom. The maximum absolute atomic E-state index is 12.6.